The molecule has 0 atom stereocenters. The lowest BCUT2D eigenvalue weighted by Gasteiger charge is -1.59. The third-order valence-corrected chi connectivity index (χ3v) is 0. The van der Waals surface area contributed by atoms with Crippen molar-refractivity contribution in [2.24, 2.45) is 0 Å². The maximum absolute atomic E-state index is 9.00. The van der Waals surface area contributed by atoms with Crippen molar-refractivity contribution in [3.8, 4) is 0 Å². The second kappa shape index (κ2) is 3.47. The van der Waals surface area contributed by atoms with Crippen molar-refractivity contribution in [3.63, 3.8) is 0 Å². The van der Waals surface area contributed by atoms with Crippen LogP contribution >= 0.6 is 0 Å². The summed E-state index contributed by atoms with van der Waals surface area (Å²) in [6.45, 7) is 1.08. The summed E-state index contributed by atoms with van der Waals surface area (Å²) in [5.41, 5.74) is 0. The second-order valence-electron chi connectivity index (χ2n) is 0.519. The Kier molecular flexibility index (Phi) is 6.12. The van der Waals surface area contributed by atoms with Gasteiger partial charge in [0.2, 0.25) is 0 Å². The fourth-order valence-electron chi connectivity index (χ4n) is 0. The fourth-order valence-corrected chi connectivity index (χ4v) is 0. The zero-order valence-corrected chi connectivity index (χ0v) is 2.86. The van der Waals surface area contributed by atoms with Crippen LogP contribution in [0.15, 0.2) is 0 Å². The SMILES string of the molecule is CC(=O)O.[11C]. The van der Waals surface area contributed by atoms with Gasteiger partial charge in [-0.2, -0.15) is 0 Å². The minimum Gasteiger partial charge on any atom is -0.481 e. The lowest BCUT2D eigenvalue weighted by Crippen LogP contribution is -1.78. The molecular weight excluding hydrogens is 67.0 g/mol. The molecule has 0 aliphatic rings. The molecule has 0 fully saturated rings. The lowest BCUT2D eigenvalue weighted by atomic mass is 10.9. The van der Waals surface area contributed by atoms with E-state index < -0.39 is 5.97 Å². The van der Waals surface area contributed by atoms with E-state index >= 15 is 0 Å². The fraction of sp³-hybridized carbons (Fsp3) is 0.333. The molecule has 0 aliphatic heterocycles. The van der Waals surface area contributed by atoms with Gasteiger partial charge in [-0.05, 0) is 0 Å². The van der Waals surface area contributed by atoms with Crippen LogP contribution in [0.1, 0.15) is 6.92 Å². The van der Waals surface area contributed by atoms with Gasteiger partial charge in [0.25, 0.3) is 5.97 Å². The molecule has 0 unspecified atom stereocenters. The molecule has 4 radical (unpaired) electrons. The molecule has 0 saturated carbocycles. The van der Waals surface area contributed by atoms with Crippen molar-refractivity contribution in [2.45, 2.75) is 6.92 Å². The third kappa shape index (κ3) is 26.7. The van der Waals surface area contributed by atoms with E-state index in [-0.39, 0.29) is 7.43 Å². The number of rotatable bonds is 0. The summed E-state index contributed by atoms with van der Waals surface area (Å²) in [6.07, 6.45) is 0. The molecular formula is C3H4O2. The summed E-state index contributed by atoms with van der Waals surface area (Å²) in [7, 11) is 0. The van der Waals surface area contributed by atoms with Crippen LogP contribution in [-0.4, -0.2) is 11.1 Å². The number of carboxylic acids is 1. The van der Waals surface area contributed by atoms with Crippen molar-refractivity contribution in [1.29, 1.82) is 0 Å². The van der Waals surface area contributed by atoms with Crippen LogP contribution in [0, 0.1) is 7.43 Å². The zero-order valence-electron chi connectivity index (χ0n) is 2.86. The van der Waals surface area contributed by atoms with Crippen molar-refractivity contribution < 1.29 is 9.90 Å². The van der Waals surface area contributed by atoms with Crippen LogP contribution < -0.4 is 0 Å². The molecule has 0 amide bonds. The van der Waals surface area contributed by atoms with Gasteiger partial charge in [0.15, 0.2) is 0 Å². The van der Waals surface area contributed by atoms with Crippen LogP contribution in [0.3, 0.4) is 0 Å². The molecule has 0 aromatic heterocycles. The summed E-state index contributed by atoms with van der Waals surface area (Å²) in [4.78, 5) is 9.00. The first kappa shape index (κ1) is 8.82. The van der Waals surface area contributed by atoms with E-state index in [1.54, 1.807) is 0 Å². The normalized spacial score (nSPS) is 5.00. The quantitative estimate of drug-likeness (QED) is 0.442. The molecule has 0 aromatic carbocycles. The zero-order chi connectivity index (χ0) is 3.58. The maximum atomic E-state index is 9.00. The summed E-state index contributed by atoms with van der Waals surface area (Å²) in [5, 5.41) is 7.42. The second-order valence-corrected chi connectivity index (χ2v) is 0.519. The Hall–Kier alpha value is -0.530. The Balaban J connectivity index is 0. The van der Waals surface area contributed by atoms with Crippen molar-refractivity contribution >= 4 is 5.97 Å². The van der Waals surface area contributed by atoms with E-state index in [2.05, 4.69) is 0 Å². The number of carbonyl (C=O) groups is 1. The number of hydrogen-bond donors (Lipinski definition) is 1. The monoisotopic (exact) mass is 71.0 g/mol. The molecule has 0 spiro atoms. The predicted octanol–water partition coefficient (Wildman–Crippen LogP) is 0.172. The standard InChI is InChI=1S/C2H4O2.C/c1-2(3)4;/h1H3,(H,3,4);/i;1-1. The van der Waals surface area contributed by atoms with Gasteiger partial charge >= 0.3 is 0 Å². The first-order chi connectivity index (χ1) is 1.73. The first-order valence-corrected chi connectivity index (χ1v) is 0.928. The highest BCUT2D eigenvalue weighted by Crippen LogP contribution is 1.42. The average molecular weight is 71.1 g/mol. The Bertz CT molecular complexity index is 27.9. The molecule has 0 aromatic rings. The maximum Gasteiger partial charge on any atom is 0.300 e. The van der Waals surface area contributed by atoms with Gasteiger partial charge < -0.3 is 5.11 Å². The topological polar surface area (TPSA) is 37.3 Å². The molecule has 5 heavy (non-hydrogen) atoms. The lowest BCUT2D eigenvalue weighted by molar-refractivity contribution is -0.134. The molecule has 28 valence electrons. The van der Waals surface area contributed by atoms with Gasteiger partial charge in [-0.3, -0.25) is 4.79 Å². The predicted molar refractivity (Wildman–Crippen MR) is 16.6 cm³/mol. The van der Waals surface area contributed by atoms with Crippen LogP contribution in [0.25, 0.3) is 0 Å². The van der Waals surface area contributed by atoms with Gasteiger partial charge in [-0.1, -0.05) is 0 Å². The van der Waals surface area contributed by atoms with Crippen LogP contribution in [0.4, 0.5) is 0 Å². The third-order valence-electron chi connectivity index (χ3n) is 0. The largest absolute Gasteiger partial charge is 0.481 e. The molecule has 2 heteroatoms. The minimum atomic E-state index is -0.833. The number of carboxylic acid groups (broad SMARTS) is 1. The van der Waals surface area contributed by atoms with Crippen LogP contribution in [0.2, 0.25) is 0 Å². The van der Waals surface area contributed by atoms with Crippen LogP contribution in [-0.2, 0) is 4.79 Å². The summed E-state index contributed by atoms with van der Waals surface area (Å²) in [6, 6.07) is 0. The van der Waals surface area contributed by atoms with E-state index in [9.17, 15) is 0 Å². The van der Waals surface area contributed by atoms with E-state index in [0.29, 0.717) is 0 Å². The van der Waals surface area contributed by atoms with Gasteiger partial charge in [-0.15, -0.1) is 0 Å². The Morgan fingerprint density at radius 1 is 1.80 bits per heavy atom. The summed E-state index contributed by atoms with van der Waals surface area (Å²) >= 11 is 0. The molecule has 0 rings (SSSR count). The van der Waals surface area contributed by atoms with Crippen molar-refractivity contribution in [2.75, 3.05) is 0 Å². The minimum absolute atomic E-state index is 0. The van der Waals surface area contributed by atoms with Crippen molar-refractivity contribution in [1.82, 2.24) is 0 Å². The van der Waals surface area contributed by atoms with E-state index in [1.165, 1.54) is 0 Å². The molecule has 1 N–H and O–H groups in total. The Morgan fingerprint density at radius 3 is 1.80 bits per heavy atom. The highest BCUT2D eigenvalue weighted by Gasteiger charge is 1.65. The van der Waals surface area contributed by atoms with Gasteiger partial charge in [-0.25, -0.2) is 0 Å². The Morgan fingerprint density at radius 2 is 1.80 bits per heavy atom. The molecule has 0 heterocycles. The summed E-state index contributed by atoms with van der Waals surface area (Å²) in [5.74, 6) is -0.833. The van der Waals surface area contributed by atoms with E-state index in [1.807, 2.05) is 0 Å². The smallest absolute Gasteiger partial charge is 0.300 e. The van der Waals surface area contributed by atoms with Gasteiger partial charge in [0.1, 0.15) is 0 Å². The number of aliphatic carboxylic acids is 1. The molecule has 0 saturated heterocycles. The van der Waals surface area contributed by atoms with Gasteiger partial charge in [0, 0.05) is 14.4 Å². The Labute approximate surface area is 31.4 Å². The average Bonchev–Trinajstić information content (AvgIpc) is 0.811. The highest BCUT2D eigenvalue weighted by atomic mass is 16.4. The summed E-state index contributed by atoms with van der Waals surface area (Å²) < 4.78 is 0. The van der Waals surface area contributed by atoms with Crippen molar-refractivity contribution in [3.05, 3.63) is 7.43 Å². The molecule has 0 aliphatic carbocycles. The molecule has 2 nitrogen and oxygen atoms in total. The van der Waals surface area contributed by atoms with E-state index in [4.69, 9.17) is 9.90 Å². The highest BCUT2D eigenvalue weighted by molar-refractivity contribution is 5.62. The van der Waals surface area contributed by atoms with Crippen LogP contribution in [0.5, 0.6) is 0 Å². The van der Waals surface area contributed by atoms with Gasteiger partial charge in [0.05, 0.1) is 0 Å². The molecule has 0 bridgehead atoms. The first-order valence-electron chi connectivity index (χ1n) is 0.928. The van der Waals surface area contributed by atoms with E-state index in [0.717, 1.165) is 6.92 Å². The number of hydrogen-bond acceptors (Lipinski definition) is 1.